The Balaban J connectivity index is 1.65. The van der Waals surface area contributed by atoms with Crippen LogP contribution in [0, 0.1) is 5.82 Å². The minimum absolute atomic E-state index is 0.0247. The summed E-state index contributed by atoms with van der Waals surface area (Å²) in [5, 5.41) is 13.8. The summed E-state index contributed by atoms with van der Waals surface area (Å²) in [4.78, 5) is 18.5. The van der Waals surface area contributed by atoms with Gasteiger partial charge in [-0.15, -0.1) is 11.3 Å². The van der Waals surface area contributed by atoms with Crippen molar-refractivity contribution >= 4 is 43.2 Å². The third-order valence-corrected chi connectivity index (χ3v) is 7.92. The molecule has 0 atom stereocenters. The first kappa shape index (κ1) is 25.7. The average Bonchev–Trinajstić information content (AvgIpc) is 3.46. The fraction of sp³-hybridized carbons (Fsp3) is 0.240. The molecule has 1 aliphatic carbocycles. The van der Waals surface area contributed by atoms with Crippen molar-refractivity contribution in [2.24, 2.45) is 0 Å². The van der Waals surface area contributed by atoms with Crippen LogP contribution in [0.25, 0.3) is 31.7 Å². The molecule has 202 valence electrons. The molecule has 0 bridgehead atoms. The molecule has 39 heavy (non-hydrogen) atoms. The van der Waals surface area contributed by atoms with Crippen molar-refractivity contribution in [3.63, 3.8) is 0 Å². The van der Waals surface area contributed by atoms with Crippen LogP contribution in [0.3, 0.4) is 0 Å². The van der Waals surface area contributed by atoms with E-state index in [-0.39, 0.29) is 48.8 Å². The first-order valence-corrected chi connectivity index (χ1v) is 12.6. The standard InChI is InChI=1S/C25H14ClF6N3O3S/c26-15-4-3-11-18-23(39-20(11)19(15)36)33-22(13-7-16(27)14(21(28)29)6-12(13)9-1-2-9)35(24(18)37)8-10-5-17(34-38-10)25(30,31)32/h3-7,9,21,36H,1-2,8H2. The number of phenols is 1. The molecule has 0 spiro atoms. The summed E-state index contributed by atoms with van der Waals surface area (Å²) >= 11 is 6.95. The number of nitrogens with zero attached hydrogens (tertiary/aromatic N) is 3. The molecule has 0 radical (unpaired) electrons. The molecule has 1 fully saturated rings. The molecule has 0 aliphatic heterocycles. The van der Waals surface area contributed by atoms with Crippen LogP contribution >= 0.6 is 22.9 Å². The van der Waals surface area contributed by atoms with Crippen LogP contribution in [0.4, 0.5) is 26.3 Å². The predicted octanol–water partition coefficient (Wildman–Crippen LogP) is 7.65. The Labute approximate surface area is 223 Å². The SMILES string of the molecule is O=c1c2c(nc(-c3cc(F)c(C(F)F)cc3C3CC3)n1Cc1cc(C(F)(F)F)no1)sc1c(O)c(Cl)ccc12. The van der Waals surface area contributed by atoms with Crippen LogP contribution in [-0.4, -0.2) is 19.8 Å². The van der Waals surface area contributed by atoms with Gasteiger partial charge in [0.2, 0.25) is 0 Å². The number of phenolic OH excluding ortho intramolecular Hbond substituents is 1. The van der Waals surface area contributed by atoms with Crippen LogP contribution in [0.15, 0.2) is 39.6 Å². The molecule has 1 saturated carbocycles. The van der Waals surface area contributed by atoms with Gasteiger partial charge in [-0.1, -0.05) is 22.8 Å². The van der Waals surface area contributed by atoms with E-state index in [1.165, 1.54) is 12.1 Å². The van der Waals surface area contributed by atoms with Crippen molar-refractivity contribution in [2.45, 2.75) is 37.9 Å². The van der Waals surface area contributed by atoms with Crippen molar-refractivity contribution < 1.29 is 36.0 Å². The van der Waals surface area contributed by atoms with Gasteiger partial charge in [0.1, 0.15) is 16.5 Å². The molecule has 0 amide bonds. The lowest BCUT2D eigenvalue weighted by molar-refractivity contribution is -0.142. The van der Waals surface area contributed by atoms with Crippen molar-refractivity contribution in [1.82, 2.24) is 14.7 Å². The maximum atomic E-state index is 14.8. The Morgan fingerprint density at radius 1 is 1.21 bits per heavy atom. The average molecular weight is 586 g/mol. The molecule has 5 aromatic rings. The third-order valence-electron chi connectivity index (χ3n) is 6.51. The molecule has 2 aromatic carbocycles. The summed E-state index contributed by atoms with van der Waals surface area (Å²) in [6.45, 7) is -0.570. The first-order chi connectivity index (χ1) is 18.4. The Morgan fingerprint density at radius 3 is 2.59 bits per heavy atom. The molecule has 0 saturated heterocycles. The Bertz CT molecular complexity index is 1840. The number of rotatable bonds is 5. The molecule has 1 N–H and O–H groups in total. The molecule has 14 heteroatoms. The highest BCUT2D eigenvalue weighted by Gasteiger charge is 2.36. The summed E-state index contributed by atoms with van der Waals surface area (Å²) in [6, 6.07) is 5.40. The second-order valence-electron chi connectivity index (χ2n) is 9.09. The van der Waals surface area contributed by atoms with Crippen molar-refractivity contribution in [3.05, 3.63) is 74.1 Å². The van der Waals surface area contributed by atoms with E-state index < -0.39 is 41.8 Å². The third kappa shape index (κ3) is 4.33. The number of aromatic hydroxyl groups is 1. The second-order valence-corrected chi connectivity index (χ2v) is 10.5. The topological polar surface area (TPSA) is 81.2 Å². The van der Waals surface area contributed by atoms with E-state index in [2.05, 4.69) is 10.1 Å². The van der Waals surface area contributed by atoms with Gasteiger partial charge in [-0.05, 0) is 42.5 Å². The molecule has 3 aromatic heterocycles. The maximum Gasteiger partial charge on any atom is 0.436 e. The fourth-order valence-electron chi connectivity index (χ4n) is 4.51. The summed E-state index contributed by atoms with van der Waals surface area (Å²) in [6.07, 6.45) is -6.61. The zero-order valence-electron chi connectivity index (χ0n) is 19.3. The summed E-state index contributed by atoms with van der Waals surface area (Å²) in [5.74, 6) is -2.19. The minimum Gasteiger partial charge on any atom is -0.505 e. The van der Waals surface area contributed by atoms with Crippen LogP contribution in [0.1, 0.15) is 47.8 Å². The monoisotopic (exact) mass is 585 g/mol. The number of fused-ring (bicyclic) bond motifs is 3. The van der Waals surface area contributed by atoms with Gasteiger partial charge in [0.15, 0.2) is 17.2 Å². The van der Waals surface area contributed by atoms with Crippen LogP contribution in [0.2, 0.25) is 5.02 Å². The lowest BCUT2D eigenvalue weighted by Crippen LogP contribution is -2.24. The molecule has 1 aliphatic rings. The zero-order chi connectivity index (χ0) is 27.8. The number of thiophene rings is 1. The first-order valence-electron chi connectivity index (χ1n) is 11.4. The van der Waals surface area contributed by atoms with Crippen molar-refractivity contribution in [1.29, 1.82) is 0 Å². The van der Waals surface area contributed by atoms with Gasteiger partial charge in [-0.2, -0.15) is 13.2 Å². The molecule has 3 heterocycles. The highest BCUT2D eigenvalue weighted by molar-refractivity contribution is 7.25. The fourth-order valence-corrected chi connectivity index (χ4v) is 5.84. The Morgan fingerprint density at radius 2 is 1.95 bits per heavy atom. The number of alkyl halides is 5. The highest BCUT2D eigenvalue weighted by atomic mass is 35.5. The second kappa shape index (κ2) is 8.98. The van der Waals surface area contributed by atoms with Crippen LogP contribution in [-0.2, 0) is 12.7 Å². The van der Waals surface area contributed by atoms with Gasteiger partial charge >= 0.3 is 6.18 Å². The molecule has 6 nitrogen and oxygen atoms in total. The quantitative estimate of drug-likeness (QED) is 0.214. The smallest absolute Gasteiger partial charge is 0.436 e. The molecular weight excluding hydrogens is 572 g/mol. The molecular formula is C25H14ClF6N3O3S. The van der Waals surface area contributed by atoms with Gasteiger partial charge in [0, 0.05) is 17.0 Å². The maximum absolute atomic E-state index is 14.8. The zero-order valence-corrected chi connectivity index (χ0v) is 20.9. The minimum atomic E-state index is -4.80. The van der Waals surface area contributed by atoms with E-state index in [1.54, 1.807) is 0 Å². The number of hydrogen-bond acceptors (Lipinski definition) is 6. The van der Waals surface area contributed by atoms with E-state index in [9.17, 15) is 36.2 Å². The summed E-state index contributed by atoms with van der Waals surface area (Å²) < 4.78 is 87.3. The number of halogens is 7. The summed E-state index contributed by atoms with van der Waals surface area (Å²) in [7, 11) is 0. The van der Waals surface area contributed by atoms with E-state index in [4.69, 9.17) is 16.1 Å². The normalized spacial score (nSPS) is 14.3. The van der Waals surface area contributed by atoms with E-state index in [0.717, 1.165) is 28.0 Å². The number of benzene rings is 2. The van der Waals surface area contributed by atoms with Crippen LogP contribution in [0.5, 0.6) is 5.75 Å². The van der Waals surface area contributed by atoms with E-state index >= 15 is 0 Å². The Kier molecular flexibility index (Phi) is 5.92. The summed E-state index contributed by atoms with van der Waals surface area (Å²) in [5.41, 5.74) is -2.45. The van der Waals surface area contributed by atoms with Gasteiger partial charge in [0.05, 0.1) is 27.2 Å². The molecule has 6 rings (SSSR count). The van der Waals surface area contributed by atoms with Gasteiger partial charge in [0.25, 0.3) is 12.0 Å². The number of hydrogen-bond donors (Lipinski definition) is 1. The van der Waals surface area contributed by atoms with Gasteiger partial charge in [-0.3, -0.25) is 9.36 Å². The lowest BCUT2D eigenvalue weighted by atomic mass is 9.98. The van der Waals surface area contributed by atoms with Gasteiger partial charge in [-0.25, -0.2) is 18.2 Å². The van der Waals surface area contributed by atoms with Crippen molar-refractivity contribution in [2.75, 3.05) is 0 Å². The predicted molar refractivity (Wildman–Crippen MR) is 131 cm³/mol. The lowest BCUT2D eigenvalue weighted by Gasteiger charge is -2.16. The van der Waals surface area contributed by atoms with Crippen LogP contribution < -0.4 is 5.56 Å². The van der Waals surface area contributed by atoms with Gasteiger partial charge < -0.3 is 9.63 Å². The van der Waals surface area contributed by atoms with E-state index in [0.29, 0.717) is 29.9 Å². The molecule has 0 unspecified atom stereocenters. The Hall–Kier alpha value is -3.58. The van der Waals surface area contributed by atoms with E-state index in [1.807, 2.05) is 0 Å². The highest BCUT2D eigenvalue weighted by Crippen LogP contribution is 2.47. The largest absolute Gasteiger partial charge is 0.505 e. The van der Waals surface area contributed by atoms with Crippen molar-refractivity contribution in [3.8, 4) is 17.1 Å². The number of aromatic nitrogens is 3.